The monoisotopic (exact) mass is 486 g/mol. The number of hydrogen-bond donors (Lipinski definition) is 4. The number of benzene rings is 1. The summed E-state index contributed by atoms with van der Waals surface area (Å²) in [4.78, 5) is 6.49. The number of aliphatic hydroxyl groups excluding tert-OH is 2. The quantitative estimate of drug-likeness (QED) is 0.448. The van der Waals surface area contributed by atoms with Crippen LogP contribution in [0.4, 0.5) is 0 Å². The Labute approximate surface area is 212 Å². The van der Waals surface area contributed by atoms with Gasteiger partial charge in [0.15, 0.2) is 5.76 Å². The molecule has 1 aromatic heterocycles. The topological polar surface area (TPSA) is 79.7 Å². The highest BCUT2D eigenvalue weighted by atomic mass is 16.3. The van der Waals surface area contributed by atoms with E-state index >= 15 is 0 Å². The number of piperidine rings is 1. The lowest BCUT2D eigenvalue weighted by Gasteiger charge is -2.69. The molecule has 5 heteroatoms. The first-order valence-corrected chi connectivity index (χ1v) is 14.3. The first-order chi connectivity index (χ1) is 17.3. The van der Waals surface area contributed by atoms with Crippen molar-refractivity contribution in [3.8, 4) is 0 Å². The van der Waals surface area contributed by atoms with E-state index in [0.717, 1.165) is 56.7 Å². The SMILES string of the molecule is C[C@]12CC3=C(C(O)=C(O)CC3)C3(CCN1CC1CC1)Cc1[nH]c4c5c(ccc4c1C[C@]32O)CCCC5. The van der Waals surface area contributed by atoms with Crippen LogP contribution in [0.1, 0.15) is 80.7 Å². The van der Waals surface area contributed by atoms with E-state index in [0.29, 0.717) is 19.3 Å². The molecular weight excluding hydrogens is 448 g/mol. The molecule has 4 N–H and O–H groups in total. The Balaban J connectivity index is 1.36. The molecule has 5 aliphatic carbocycles. The standard InChI is InChI=1S/C31H38N2O3/c1-29-14-20-9-11-25(34)28(35)26(20)30(12-13-33(29)17-18-6-7-18)16-24-23(15-31(29,30)36)22-10-8-19-4-2-3-5-21(19)27(22)32-24/h8,10,18,32,34-36H,2-7,9,11-17H2,1H3/t29-,30?,31-/m1/s1. The summed E-state index contributed by atoms with van der Waals surface area (Å²) in [6.45, 7) is 4.31. The van der Waals surface area contributed by atoms with E-state index in [2.05, 4.69) is 28.9 Å². The maximum absolute atomic E-state index is 13.1. The Bertz CT molecular complexity index is 1380. The van der Waals surface area contributed by atoms with Gasteiger partial charge in [-0.2, -0.15) is 0 Å². The van der Waals surface area contributed by atoms with Crippen LogP contribution in [0, 0.1) is 11.3 Å². The van der Waals surface area contributed by atoms with Gasteiger partial charge in [-0.15, -0.1) is 0 Å². The number of nitrogens with one attached hydrogen (secondary N) is 1. The first-order valence-electron chi connectivity index (χ1n) is 14.3. The maximum Gasteiger partial charge on any atom is 0.156 e. The van der Waals surface area contributed by atoms with Gasteiger partial charge in [-0.1, -0.05) is 17.7 Å². The highest BCUT2D eigenvalue weighted by Gasteiger charge is 2.71. The molecule has 0 spiro atoms. The molecule has 8 rings (SSSR count). The van der Waals surface area contributed by atoms with Gasteiger partial charge in [0, 0.05) is 53.4 Å². The number of H-pyrrole nitrogens is 1. The minimum atomic E-state index is -1.00. The van der Waals surface area contributed by atoms with Crippen LogP contribution in [0.25, 0.3) is 10.9 Å². The van der Waals surface area contributed by atoms with Crippen molar-refractivity contribution in [2.45, 2.75) is 95.1 Å². The van der Waals surface area contributed by atoms with Crippen molar-refractivity contribution in [3.63, 3.8) is 0 Å². The zero-order chi connectivity index (χ0) is 24.4. The van der Waals surface area contributed by atoms with Crippen molar-refractivity contribution in [3.05, 3.63) is 57.2 Å². The van der Waals surface area contributed by atoms with Gasteiger partial charge in [0.25, 0.3) is 0 Å². The first kappa shape index (κ1) is 21.8. The van der Waals surface area contributed by atoms with E-state index in [9.17, 15) is 15.3 Å². The Kier molecular flexibility index (Phi) is 4.23. The number of aromatic nitrogens is 1. The van der Waals surface area contributed by atoms with Crippen LogP contribution in [0.3, 0.4) is 0 Å². The van der Waals surface area contributed by atoms with Crippen molar-refractivity contribution < 1.29 is 15.3 Å². The maximum atomic E-state index is 13.1. The highest BCUT2D eigenvalue weighted by molar-refractivity contribution is 5.89. The van der Waals surface area contributed by atoms with Crippen molar-refractivity contribution in [2.75, 3.05) is 13.1 Å². The number of likely N-dealkylation sites (tertiary alicyclic amines) is 1. The van der Waals surface area contributed by atoms with E-state index in [-0.39, 0.29) is 17.1 Å². The van der Waals surface area contributed by atoms with Crippen LogP contribution in [0.5, 0.6) is 0 Å². The zero-order valence-corrected chi connectivity index (χ0v) is 21.4. The van der Waals surface area contributed by atoms with Crippen LogP contribution in [0.2, 0.25) is 0 Å². The smallest absolute Gasteiger partial charge is 0.156 e. The molecule has 1 aromatic carbocycles. The van der Waals surface area contributed by atoms with E-state index in [1.165, 1.54) is 64.5 Å². The second-order valence-corrected chi connectivity index (χ2v) is 13.1. The third-order valence-electron chi connectivity index (χ3n) is 11.3. The molecule has 5 nitrogen and oxygen atoms in total. The lowest BCUT2D eigenvalue weighted by molar-refractivity contribution is -0.216. The summed E-state index contributed by atoms with van der Waals surface area (Å²) >= 11 is 0. The van der Waals surface area contributed by atoms with Crippen LogP contribution >= 0.6 is 0 Å². The largest absolute Gasteiger partial charge is 0.508 e. The predicted octanol–water partition coefficient (Wildman–Crippen LogP) is 5.56. The van der Waals surface area contributed by atoms with Gasteiger partial charge in [-0.25, -0.2) is 0 Å². The second-order valence-electron chi connectivity index (χ2n) is 13.1. The molecule has 2 aromatic rings. The van der Waals surface area contributed by atoms with Crippen molar-refractivity contribution >= 4 is 10.9 Å². The fraction of sp³-hybridized carbons (Fsp3) is 0.613. The van der Waals surface area contributed by atoms with Crippen molar-refractivity contribution in [2.24, 2.45) is 11.3 Å². The van der Waals surface area contributed by atoms with Gasteiger partial charge in [0.1, 0.15) is 5.76 Å². The van der Waals surface area contributed by atoms with E-state index in [1.54, 1.807) is 0 Å². The molecule has 190 valence electrons. The Morgan fingerprint density at radius 3 is 2.67 bits per heavy atom. The number of rotatable bonds is 2. The lowest BCUT2D eigenvalue weighted by Crippen LogP contribution is -2.78. The van der Waals surface area contributed by atoms with Crippen LogP contribution in [0.15, 0.2) is 34.8 Å². The molecule has 1 saturated heterocycles. The van der Waals surface area contributed by atoms with Crippen LogP contribution < -0.4 is 0 Å². The summed E-state index contributed by atoms with van der Waals surface area (Å²) in [5, 5.41) is 36.4. The molecule has 6 aliphatic rings. The van der Waals surface area contributed by atoms with Gasteiger partial charge in [-0.3, -0.25) is 4.90 Å². The van der Waals surface area contributed by atoms with Crippen LogP contribution in [-0.2, 0) is 25.7 Å². The fourth-order valence-corrected chi connectivity index (χ4v) is 9.24. The Morgan fingerprint density at radius 2 is 1.83 bits per heavy atom. The molecule has 2 fully saturated rings. The number of hydrogen-bond acceptors (Lipinski definition) is 4. The van der Waals surface area contributed by atoms with E-state index in [1.807, 2.05) is 0 Å². The van der Waals surface area contributed by atoms with Gasteiger partial charge in [-0.05, 0) is 93.9 Å². The average molecular weight is 487 g/mol. The molecule has 2 bridgehead atoms. The normalized spacial score (nSPS) is 35.9. The molecule has 36 heavy (non-hydrogen) atoms. The van der Waals surface area contributed by atoms with Gasteiger partial charge < -0.3 is 20.3 Å². The minimum absolute atomic E-state index is 0.0595. The van der Waals surface area contributed by atoms with E-state index in [4.69, 9.17) is 0 Å². The third kappa shape index (κ3) is 2.54. The summed E-state index contributed by atoms with van der Waals surface area (Å²) in [6, 6.07) is 4.63. The molecule has 3 atom stereocenters. The molecule has 1 unspecified atom stereocenters. The molecule has 0 amide bonds. The number of aromatic amines is 1. The number of allylic oxidation sites excluding steroid dienone is 2. The molecular formula is C31H38N2O3. The highest BCUT2D eigenvalue weighted by Crippen LogP contribution is 2.66. The van der Waals surface area contributed by atoms with Crippen molar-refractivity contribution in [1.82, 2.24) is 9.88 Å². The Morgan fingerprint density at radius 1 is 1.00 bits per heavy atom. The zero-order valence-electron chi connectivity index (χ0n) is 21.4. The average Bonchev–Trinajstić information content (AvgIpc) is 3.62. The van der Waals surface area contributed by atoms with E-state index < -0.39 is 11.0 Å². The van der Waals surface area contributed by atoms with Gasteiger partial charge >= 0.3 is 0 Å². The molecule has 1 saturated carbocycles. The number of aliphatic hydroxyl groups is 3. The summed E-state index contributed by atoms with van der Waals surface area (Å²) in [5.41, 5.74) is 6.92. The predicted molar refractivity (Wildman–Crippen MR) is 140 cm³/mol. The number of nitrogens with zero attached hydrogens (tertiary/aromatic N) is 1. The molecule has 0 radical (unpaired) electrons. The summed E-state index contributed by atoms with van der Waals surface area (Å²) < 4.78 is 0. The summed E-state index contributed by atoms with van der Waals surface area (Å²) in [5.74, 6) is 0.922. The lowest BCUT2D eigenvalue weighted by atomic mass is 9.44. The second kappa shape index (κ2) is 6.99. The number of fused-ring (bicyclic) bond motifs is 5. The third-order valence-corrected chi connectivity index (χ3v) is 11.3. The minimum Gasteiger partial charge on any atom is -0.508 e. The van der Waals surface area contributed by atoms with Gasteiger partial charge in [0.2, 0.25) is 0 Å². The fourth-order valence-electron chi connectivity index (χ4n) is 9.24. The Hall–Kier alpha value is -2.24. The number of aryl methyl sites for hydroxylation is 2. The van der Waals surface area contributed by atoms with Crippen LogP contribution in [-0.4, -0.2) is 49.4 Å². The molecule has 1 aliphatic heterocycles. The summed E-state index contributed by atoms with van der Waals surface area (Å²) in [6.07, 6.45) is 11.6. The molecule has 2 heterocycles. The van der Waals surface area contributed by atoms with Gasteiger partial charge in [0.05, 0.1) is 11.1 Å². The van der Waals surface area contributed by atoms with Crippen molar-refractivity contribution in [1.29, 1.82) is 0 Å². The summed E-state index contributed by atoms with van der Waals surface area (Å²) in [7, 11) is 0.